The number of carbonyl (C=O) groups is 3. The lowest BCUT2D eigenvalue weighted by Crippen LogP contribution is -2.53. The fourth-order valence-corrected chi connectivity index (χ4v) is 3.44. The van der Waals surface area contributed by atoms with Crippen LogP contribution in [0.4, 0.5) is 0 Å². The molecular formula is C23H31N3O3. The summed E-state index contributed by atoms with van der Waals surface area (Å²) in [5.74, 6) is -0.469. The van der Waals surface area contributed by atoms with E-state index in [0.29, 0.717) is 25.9 Å². The first kappa shape index (κ1) is 22.4. The first-order chi connectivity index (χ1) is 13.9. The summed E-state index contributed by atoms with van der Waals surface area (Å²) in [7, 11) is 0. The van der Waals surface area contributed by atoms with E-state index in [9.17, 15) is 14.4 Å². The van der Waals surface area contributed by atoms with Crippen LogP contribution in [0.3, 0.4) is 0 Å². The van der Waals surface area contributed by atoms with Crippen LogP contribution in [0.25, 0.3) is 6.08 Å². The molecule has 2 N–H and O–H groups in total. The third-order valence-electron chi connectivity index (χ3n) is 4.81. The molecule has 0 spiro atoms. The second-order valence-corrected chi connectivity index (χ2v) is 7.66. The Morgan fingerprint density at radius 3 is 2.62 bits per heavy atom. The number of nitrogens with one attached hydrogen (secondary N) is 2. The van der Waals surface area contributed by atoms with Gasteiger partial charge in [0.1, 0.15) is 12.1 Å². The molecule has 0 unspecified atom stereocenters. The molecule has 29 heavy (non-hydrogen) atoms. The van der Waals surface area contributed by atoms with Gasteiger partial charge in [0.2, 0.25) is 17.7 Å². The molecule has 1 heterocycles. The van der Waals surface area contributed by atoms with Crippen molar-refractivity contribution < 1.29 is 14.4 Å². The van der Waals surface area contributed by atoms with Crippen LogP contribution in [-0.4, -0.2) is 47.8 Å². The van der Waals surface area contributed by atoms with E-state index in [-0.39, 0.29) is 23.6 Å². The van der Waals surface area contributed by atoms with Crippen molar-refractivity contribution in [1.29, 1.82) is 0 Å². The molecule has 6 nitrogen and oxygen atoms in total. The molecule has 2 rings (SSSR count). The first-order valence-corrected chi connectivity index (χ1v) is 10.1. The molecule has 6 heteroatoms. The van der Waals surface area contributed by atoms with Crippen molar-refractivity contribution in [3.8, 4) is 0 Å². The van der Waals surface area contributed by atoms with Gasteiger partial charge in [-0.1, -0.05) is 50.3 Å². The third kappa shape index (κ3) is 6.89. The van der Waals surface area contributed by atoms with Crippen molar-refractivity contribution >= 4 is 23.8 Å². The van der Waals surface area contributed by atoms with Crippen LogP contribution in [-0.2, 0) is 14.4 Å². The smallest absolute Gasteiger partial charge is 0.245 e. The van der Waals surface area contributed by atoms with Gasteiger partial charge in [0.25, 0.3) is 0 Å². The van der Waals surface area contributed by atoms with Gasteiger partial charge in [-0.15, -0.1) is 6.58 Å². The number of hydrogen-bond donors (Lipinski definition) is 2. The minimum Gasteiger partial charge on any atom is -0.351 e. The van der Waals surface area contributed by atoms with Crippen LogP contribution < -0.4 is 10.6 Å². The van der Waals surface area contributed by atoms with E-state index in [0.717, 1.165) is 12.0 Å². The zero-order valence-corrected chi connectivity index (χ0v) is 17.3. The van der Waals surface area contributed by atoms with E-state index in [1.165, 1.54) is 6.08 Å². The van der Waals surface area contributed by atoms with E-state index in [1.54, 1.807) is 17.1 Å². The van der Waals surface area contributed by atoms with Crippen molar-refractivity contribution in [2.24, 2.45) is 5.92 Å². The second-order valence-electron chi connectivity index (χ2n) is 7.66. The Kier molecular flexibility index (Phi) is 8.65. The Morgan fingerprint density at radius 2 is 1.97 bits per heavy atom. The summed E-state index contributed by atoms with van der Waals surface area (Å²) in [5.41, 5.74) is 0.910. The van der Waals surface area contributed by atoms with E-state index in [4.69, 9.17) is 0 Å². The Bertz CT molecular complexity index is 743. The molecule has 3 amide bonds. The average Bonchev–Trinajstić information content (AvgIpc) is 3.20. The first-order valence-electron chi connectivity index (χ1n) is 10.1. The van der Waals surface area contributed by atoms with Crippen molar-refractivity contribution in [2.75, 3.05) is 13.1 Å². The highest BCUT2D eigenvalue weighted by Gasteiger charge is 2.37. The number of carbonyl (C=O) groups excluding carboxylic acids is 3. The molecule has 1 aliphatic heterocycles. The van der Waals surface area contributed by atoms with E-state index >= 15 is 0 Å². The number of rotatable bonds is 9. The zero-order valence-electron chi connectivity index (χ0n) is 17.3. The largest absolute Gasteiger partial charge is 0.351 e. The summed E-state index contributed by atoms with van der Waals surface area (Å²) in [5, 5.41) is 5.60. The SMILES string of the molecule is C=CCNC(=O)[C@@H]1CCCN1C(=O)[C@H](CC(C)C)NC(=O)/C=C/c1ccccc1. The highest BCUT2D eigenvalue weighted by atomic mass is 16.2. The maximum absolute atomic E-state index is 13.2. The van der Waals surface area contributed by atoms with Crippen LogP contribution >= 0.6 is 0 Å². The molecule has 1 aromatic carbocycles. The van der Waals surface area contributed by atoms with Gasteiger partial charge in [0, 0.05) is 19.2 Å². The third-order valence-corrected chi connectivity index (χ3v) is 4.81. The van der Waals surface area contributed by atoms with Gasteiger partial charge < -0.3 is 15.5 Å². The highest BCUT2D eigenvalue weighted by molar-refractivity contribution is 5.97. The van der Waals surface area contributed by atoms with Crippen LogP contribution in [0.15, 0.2) is 49.1 Å². The molecule has 1 aromatic rings. The quantitative estimate of drug-likeness (QED) is 0.496. The second kappa shape index (κ2) is 11.2. The van der Waals surface area contributed by atoms with Crippen LogP contribution in [0.2, 0.25) is 0 Å². The summed E-state index contributed by atoms with van der Waals surface area (Å²) >= 11 is 0. The summed E-state index contributed by atoms with van der Waals surface area (Å²) in [6.45, 7) is 8.50. The fraction of sp³-hybridized carbons (Fsp3) is 0.435. The summed E-state index contributed by atoms with van der Waals surface area (Å²) in [4.78, 5) is 39.6. The predicted molar refractivity (Wildman–Crippen MR) is 115 cm³/mol. The van der Waals surface area contributed by atoms with Crippen molar-refractivity contribution in [2.45, 2.75) is 45.2 Å². The maximum atomic E-state index is 13.2. The normalized spacial score (nSPS) is 17.3. The van der Waals surface area contributed by atoms with Crippen LogP contribution in [0.1, 0.15) is 38.7 Å². The average molecular weight is 398 g/mol. The summed E-state index contributed by atoms with van der Waals surface area (Å²) < 4.78 is 0. The van der Waals surface area contributed by atoms with Crippen molar-refractivity contribution in [3.63, 3.8) is 0 Å². The number of nitrogens with zero attached hydrogens (tertiary/aromatic N) is 1. The van der Waals surface area contributed by atoms with Gasteiger partial charge in [-0.25, -0.2) is 0 Å². The van der Waals surface area contributed by atoms with Crippen molar-refractivity contribution in [3.05, 3.63) is 54.6 Å². The van der Waals surface area contributed by atoms with Gasteiger partial charge in [0.05, 0.1) is 0 Å². The minimum absolute atomic E-state index is 0.172. The number of likely N-dealkylation sites (tertiary alicyclic amines) is 1. The Hall–Kier alpha value is -2.89. The van der Waals surface area contributed by atoms with E-state index < -0.39 is 12.1 Å². The number of hydrogen-bond acceptors (Lipinski definition) is 3. The zero-order chi connectivity index (χ0) is 21.2. The Morgan fingerprint density at radius 1 is 1.24 bits per heavy atom. The Balaban J connectivity index is 2.06. The highest BCUT2D eigenvalue weighted by Crippen LogP contribution is 2.20. The lowest BCUT2D eigenvalue weighted by Gasteiger charge is -2.29. The molecule has 0 radical (unpaired) electrons. The van der Waals surface area contributed by atoms with E-state index in [2.05, 4.69) is 17.2 Å². The molecule has 0 saturated carbocycles. The van der Waals surface area contributed by atoms with Gasteiger partial charge in [0.15, 0.2) is 0 Å². The lowest BCUT2D eigenvalue weighted by atomic mass is 10.0. The van der Waals surface area contributed by atoms with Crippen LogP contribution in [0.5, 0.6) is 0 Å². The molecule has 2 atom stereocenters. The lowest BCUT2D eigenvalue weighted by molar-refractivity contribution is -0.141. The molecule has 1 aliphatic rings. The molecular weight excluding hydrogens is 366 g/mol. The number of benzene rings is 1. The molecule has 1 fully saturated rings. The Labute approximate surface area is 173 Å². The monoisotopic (exact) mass is 397 g/mol. The minimum atomic E-state index is -0.657. The van der Waals surface area contributed by atoms with E-state index in [1.807, 2.05) is 44.2 Å². The molecule has 0 aromatic heterocycles. The maximum Gasteiger partial charge on any atom is 0.245 e. The standard InChI is InChI=1S/C23H31N3O3/c1-4-14-24-22(28)20-11-8-15-26(20)23(29)19(16-17(2)3)25-21(27)13-12-18-9-6-5-7-10-18/h4-7,9-10,12-13,17,19-20H,1,8,11,14-16H2,2-3H3,(H,24,28)(H,25,27)/b13-12+/t19-,20-/m0/s1. The van der Waals surface area contributed by atoms with Crippen molar-refractivity contribution in [1.82, 2.24) is 15.5 Å². The molecule has 0 aliphatic carbocycles. The summed E-state index contributed by atoms with van der Waals surface area (Å²) in [6, 6.07) is 8.35. The number of amides is 3. The molecule has 1 saturated heterocycles. The van der Waals surface area contributed by atoms with Gasteiger partial charge in [-0.05, 0) is 36.8 Å². The van der Waals surface area contributed by atoms with Gasteiger partial charge >= 0.3 is 0 Å². The summed E-state index contributed by atoms with van der Waals surface area (Å²) in [6.07, 6.45) is 6.68. The predicted octanol–water partition coefficient (Wildman–Crippen LogP) is 2.52. The van der Waals surface area contributed by atoms with Gasteiger partial charge in [-0.2, -0.15) is 0 Å². The topological polar surface area (TPSA) is 78.5 Å². The molecule has 156 valence electrons. The molecule has 0 bridgehead atoms. The van der Waals surface area contributed by atoms with Crippen LogP contribution in [0, 0.1) is 5.92 Å². The van der Waals surface area contributed by atoms with Gasteiger partial charge in [-0.3, -0.25) is 14.4 Å². The fourth-order valence-electron chi connectivity index (χ4n) is 3.44.